The zero-order chi connectivity index (χ0) is 21.6. The normalized spacial score (nSPS) is 21.0. The van der Waals surface area contributed by atoms with Crippen LogP contribution >= 0.6 is 11.6 Å². The second kappa shape index (κ2) is 7.55. The van der Waals surface area contributed by atoms with E-state index in [1.165, 1.54) is 12.1 Å². The van der Waals surface area contributed by atoms with Crippen LogP contribution in [0.2, 0.25) is 5.02 Å². The third-order valence-corrected chi connectivity index (χ3v) is 6.15. The summed E-state index contributed by atoms with van der Waals surface area (Å²) in [4.78, 5) is 28.2. The average Bonchev–Trinajstić information content (AvgIpc) is 2.66. The fraction of sp³-hybridized carbons (Fsp3) is 0.333. The van der Waals surface area contributed by atoms with Crippen LogP contribution in [-0.2, 0) is 9.59 Å². The lowest BCUT2D eigenvalue weighted by atomic mass is 9.69. The molecule has 0 radical (unpaired) electrons. The van der Waals surface area contributed by atoms with E-state index < -0.39 is 11.7 Å². The molecule has 0 fully saturated rings. The van der Waals surface area contributed by atoms with E-state index in [0.717, 1.165) is 0 Å². The molecule has 4 rings (SSSR count). The number of halogens is 2. The fourth-order valence-corrected chi connectivity index (χ4v) is 4.83. The molecule has 0 saturated carbocycles. The van der Waals surface area contributed by atoms with Crippen molar-refractivity contribution in [3.63, 3.8) is 0 Å². The summed E-state index contributed by atoms with van der Waals surface area (Å²) in [6, 6.07) is 11.6. The summed E-state index contributed by atoms with van der Waals surface area (Å²) in [6.45, 7) is 4.01. The minimum atomic E-state index is -0.681. The summed E-state index contributed by atoms with van der Waals surface area (Å²) in [7, 11) is 1.58. The van der Waals surface area contributed by atoms with Crippen LogP contribution in [-0.4, -0.2) is 18.8 Å². The van der Waals surface area contributed by atoms with Crippen LogP contribution in [0.25, 0.3) is 0 Å². The number of nitrogens with zero attached hydrogens (tertiary/aromatic N) is 1. The van der Waals surface area contributed by atoms with Gasteiger partial charge in [0, 0.05) is 46.3 Å². The van der Waals surface area contributed by atoms with Crippen molar-refractivity contribution < 1.29 is 18.7 Å². The van der Waals surface area contributed by atoms with Gasteiger partial charge in [0.1, 0.15) is 11.6 Å². The zero-order valence-electron chi connectivity index (χ0n) is 17.2. The number of carbonyl (C=O) groups excluding carboxylic acids is 2. The first-order valence-corrected chi connectivity index (χ1v) is 10.3. The molecule has 30 heavy (non-hydrogen) atoms. The third-order valence-electron chi connectivity index (χ3n) is 5.82. The van der Waals surface area contributed by atoms with Gasteiger partial charge in [-0.3, -0.25) is 14.5 Å². The second-order valence-electron chi connectivity index (χ2n) is 8.62. The molecule has 0 saturated heterocycles. The smallest absolute Gasteiger partial charge is 0.232 e. The fourth-order valence-electron chi connectivity index (χ4n) is 4.54. The van der Waals surface area contributed by atoms with Gasteiger partial charge in [-0.05, 0) is 48.2 Å². The van der Waals surface area contributed by atoms with Crippen LogP contribution in [0.1, 0.15) is 44.6 Å². The predicted molar refractivity (Wildman–Crippen MR) is 114 cm³/mol. The number of benzene rings is 2. The van der Waals surface area contributed by atoms with E-state index >= 15 is 0 Å². The van der Waals surface area contributed by atoms with Gasteiger partial charge < -0.3 is 4.74 Å². The van der Waals surface area contributed by atoms with Crippen LogP contribution in [0.3, 0.4) is 0 Å². The molecule has 1 atom stereocenters. The van der Waals surface area contributed by atoms with Crippen molar-refractivity contribution in [3.8, 4) is 5.75 Å². The van der Waals surface area contributed by atoms with Crippen molar-refractivity contribution in [3.05, 3.63) is 70.1 Å². The minimum Gasteiger partial charge on any atom is -0.497 e. The largest absolute Gasteiger partial charge is 0.497 e. The number of Topliss-reactive ketones (excluding diaryl/α,β-unsaturated/α-hetero) is 1. The highest BCUT2D eigenvalue weighted by molar-refractivity contribution is 6.31. The summed E-state index contributed by atoms with van der Waals surface area (Å²) in [5.74, 6) is -0.749. The maximum absolute atomic E-state index is 14.7. The van der Waals surface area contributed by atoms with E-state index in [2.05, 4.69) is 0 Å². The van der Waals surface area contributed by atoms with E-state index in [0.29, 0.717) is 35.5 Å². The van der Waals surface area contributed by atoms with E-state index in [1.807, 2.05) is 13.8 Å². The van der Waals surface area contributed by atoms with Crippen LogP contribution in [0.5, 0.6) is 5.75 Å². The molecule has 2 aromatic carbocycles. The van der Waals surface area contributed by atoms with Crippen molar-refractivity contribution in [2.75, 3.05) is 12.0 Å². The van der Waals surface area contributed by atoms with Gasteiger partial charge in [-0.2, -0.15) is 0 Å². The minimum absolute atomic E-state index is 0.0162. The van der Waals surface area contributed by atoms with Gasteiger partial charge in [0.25, 0.3) is 0 Å². The lowest BCUT2D eigenvalue weighted by Crippen LogP contribution is -2.44. The Labute approximate surface area is 180 Å². The topological polar surface area (TPSA) is 46.6 Å². The first kappa shape index (κ1) is 20.6. The number of hydrogen-bond donors (Lipinski definition) is 0. The zero-order valence-corrected chi connectivity index (χ0v) is 17.9. The Morgan fingerprint density at radius 1 is 1.10 bits per heavy atom. The Morgan fingerprint density at radius 2 is 1.80 bits per heavy atom. The number of allylic oxidation sites excluding steroid dienone is 2. The van der Waals surface area contributed by atoms with Gasteiger partial charge in [-0.1, -0.05) is 31.5 Å². The lowest BCUT2D eigenvalue weighted by Gasteiger charge is -2.43. The second-order valence-corrected chi connectivity index (χ2v) is 9.03. The number of methoxy groups -OCH3 is 1. The van der Waals surface area contributed by atoms with Crippen molar-refractivity contribution in [1.29, 1.82) is 0 Å². The molecule has 156 valence electrons. The molecular weight excluding hydrogens is 405 g/mol. The number of rotatable bonds is 3. The number of amides is 1. The summed E-state index contributed by atoms with van der Waals surface area (Å²) in [6.07, 6.45) is 0.866. The van der Waals surface area contributed by atoms with Gasteiger partial charge in [0.15, 0.2) is 5.78 Å². The molecule has 0 spiro atoms. The standard InChI is InChI=1S/C24H23ClFNO3/c1-24(2)12-19-23(20(28)13-24)16(22-17(25)5-4-6-18(22)26)11-21(29)27(19)14-7-9-15(30-3)10-8-14/h4-10,16H,11-13H2,1-3H3. The van der Waals surface area contributed by atoms with Gasteiger partial charge >= 0.3 is 0 Å². The molecule has 2 aliphatic rings. The van der Waals surface area contributed by atoms with E-state index in [-0.39, 0.29) is 34.1 Å². The average molecular weight is 428 g/mol. The number of ketones is 1. The molecule has 4 nitrogen and oxygen atoms in total. The Morgan fingerprint density at radius 3 is 2.43 bits per heavy atom. The number of ether oxygens (including phenoxy) is 1. The molecule has 0 N–H and O–H groups in total. The molecule has 0 bridgehead atoms. The molecule has 1 amide bonds. The number of hydrogen-bond acceptors (Lipinski definition) is 3. The van der Waals surface area contributed by atoms with Crippen LogP contribution < -0.4 is 9.64 Å². The Balaban J connectivity index is 1.91. The van der Waals surface area contributed by atoms with Crippen molar-refractivity contribution in [2.24, 2.45) is 5.41 Å². The van der Waals surface area contributed by atoms with Crippen LogP contribution in [0, 0.1) is 11.2 Å². The molecule has 0 aromatic heterocycles. The maximum Gasteiger partial charge on any atom is 0.232 e. The van der Waals surface area contributed by atoms with Crippen molar-refractivity contribution in [2.45, 2.75) is 39.0 Å². The number of anilines is 1. The maximum atomic E-state index is 14.7. The highest BCUT2D eigenvalue weighted by Crippen LogP contribution is 2.49. The Hall–Kier alpha value is -2.66. The molecule has 1 unspecified atom stereocenters. The van der Waals surface area contributed by atoms with Gasteiger partial charge in [0.2, 0.25) is 5.91 Å². The summed E-state index contributed by atoms with van der Waals surface area (Å²) in [5.41, 5.74) is 1.72. The number of carbonyl (C=O) groups is 2. The monoisotopic (exact) mass is 427 g/mol. The lowest BCUT2D eigenvalue weighted by molar-refractivity contribution is -0.121. The Kier molecular flexibility index (Phi) is 5.18. The molecule has 2 aromatic rings. The molecule has 6 heteroatoms. The quantitative estimate of drug-likeness (QED) is 0.635. The van der Waals surface area contributed by atoms with Crippen LogP contribution in [0.4, 0.5) is 10.1 Å². The van der Waals surface area contributed by atoms with E-state index in [4.69, 9.17) is 16.3 Å². The van der Waals surface area contributed by atoms with Gasteiger partial charge in [-0.25, -0.2) is 4.39 Å². The van der Waals surface area contributed by atoms with E-state index in [1.54, 1.807) is 42.3 Å². The van der Waals surface area contributed by atoms with Crippen molar-refractivity contribution >= 4 is 29.0 Å². The third kappa shape index (κ3) is 3.52. The first-order chi connectivity index (χ1) is 14.2. The molecule has 1 heterocycles. The SMILES string of the molecule is COc1ccc(N2C(=O)CC(c3c(F)cccc3Cl)C3=C2CC(C)(C)CC3=O)cc1. The highest BCUT2D eigenvalue weighted by atomic mass is 35.5. The summed E-state index contributed by atoms with van der Waals surface area (Å²) in [5, 5.41) is 0.232. The molecular formula is C24H23ClFNO3. The molecule has 1 aliphatic carbocycles. The summed E-state index contributed by atoms with van der Waals surface area (Å²) >= 11 is 6.32. The van der Waals surface area contributed by atoms with Crippen molar-refractivity contribution in [1.82, 2.24) is 0 Å². The van der Waals surface area contributed by atoms with Crippen LogP contribution in [0.15, 0.2) is 53.7 Å². The van der Waals surface area contributed by atoms with Gasteiger partial charge in [0.05, 0.1) is 7.11 Å². The van der Waals surface area contributed by atoms with E-state index in [9.17, 15) is 14.0 Å². The predicted octanol–water partition coefficient (Wildman–Crippen LogP) is 5.65. The molecule has 1 aliphatic heterocycles. The highest BCUT2D eigenvalue weighted by Gasteiger charge is 2.45. The Bertz CT molecular complexity index is 1040. The summed E-state index contributed by atoms with van der Waals surface area (Å²) < 4.78 is 20.0. The van der Waals surface area contributed by atoms with Gasteiger partial charge in [-0.15, -0.1) is 0 Å². The first-order valence-electron chi connectivity index (χ1n) is 9.89.